The Kier molecular flexibility index (Phi) is 5.24. The standard InChI is InChI=1S/C20H17N3O3/c1-26-18-8-4-5-14(11-18)13-21-23-20(25)19(24)22-17-10-9-15-6-2-3-7-16(15)12-17/h2-13H,1H3,(H,22,24)(H,23,25)/b21-13-. The van der Waals surface area contributed by atoms with Gasteiger partial charge in [-0.1, -0.05) is 42.5 Å². The van der Waals surface area contributed by atoms with Crippen LogP contribution in [0.25, 0.3) is 10.8 Å². The first-order valence-corrected chi connectivity index (χ1v) is 7.93. The third kappa shape index (κ3) is 4.24. The first-order valence-electron chi connectivity index (χ1n) is 7.93. The highest BCUT2D eigenvalue weighted by molar-refractivity contribution is 6.39. The number of hydrazone groups is 1. The summed E-state index contributed by atoms with van der Waals surface area (Å²) in [6.07, 6.45) is 1.43. The third-order valence-electron chi connectivity index (χ3n) is 3.69. The van der Waals surface area contributed by atoms with E-state index in [0.29, 0.717) is 11.4 Å². The molecule has 0 fully saturated rings. The van der Waals surface area contributed by atoms with Crippen molar-refractivity contribution in [1.82, 2.24) is 5.43 Å². The van der Waals surface area contributed by atoms with Crippen LogP contribution in [-0.2, 0) is 9.59 Å². The van der Waals surface area contributed by atoms with E-state index >= 15 is 0 Å². The number of carbonyl (C=O) groups is 2. The van der Waals surface area contributed by atoms with E-state index in [2.05, 4.69) is 15.8 Å². The number of fused-ring (bicyclic) bond motifs is 1. The van der Waals surface area contributed by atoms with Crippen LogP contribution < -0.4 is 15.5 Å². The molecule has 2 amide bonds. The topological polar surface area (TPSA) is 79.8 Å². The quantitative estimate of drug-likeness (QED) is 0.433. The van der Waals surface area contributed by atoms with Crippen molar-refractivity contribution in [3.8, 4) is 5.75 Å². The van der Waals surface area contributed by atoms with Gasteiger partial charge in [-0.3, -0.25) is 9.59 Å². The van der Waals surface area contributed by atoms with Crippen LogP contribution in [-0.4, -0.2) is 25.1 Å². The predicted octanol–water partition coefficient (Wildman–Crippen LogP) is 2.94. The first-order chi connectivity index (χ1) is 12.7. The highest BCUT2D eigenvalue weighted by atomic mass is 16.5. The van der Waals surface area contributed by atoms with E-state index in [9.17, 15) is 9.59 Å². The predicted molar refractivity (Wildman–Crippen MR) is 101 cm³/mol. The SMILES string of the molecule is COc1cccc(/C=N\NC(=O)C(=O)Nc2ccc3ccccc3c2)c1. The Balaban J connectivity index is 1.60. The molecule has 0 radical (unpaired) electrons. The molecule has 0 aliphatic heterocycles. The minimum absolute atomic E-state index is 0.542. The number of rotatable bonds is 4. The zero-order chi connectivity index (χ0) is 18.4. The zero-order valence-electron chi connectivity index (χ0n) is 14.1. The summed E-state index contributed by atoms with van der Waals surface area (Å²) < 4.78 is 5.10. The molecule has 0 spiro atoms. The summed E-state index contributed by atoms with van der Waals surface area (Å²) in [5.41, 5.74) is 3.48. The molecule has 0 saturated carbocycles. The van der Waals surface area contributed by atoms with Crippen molar-refractivity contribution in [1.29, 1.82) is 0 Å². The lowest BCUT2D eigenvalue weighted by Gasteiger charge is -2.05. The van der Waals surface area contributed by atoms with Gasteiger partial charge in [0.1, 0.15) is 5.75 Å². The van der Waals surface area contributed by atoms with Crippen molar-refractivity contribution in [2.45, 2.75) is 0 Å². The van der Waals surface area contributed by atoms with Crippen molar-refractivity contribution >= 4 is 34.5 Å². The number of ether oxygens (including phenoxy) is 1. The second-order valence-electron chi connectivity index (χ2n) is 5.49. The van der Waals surface area contributed by atoms with E-state index in [1.54, 1.807) is 43.5 Å². The molecule has 26 heavy (non-hydrogen) atoms. The van der Waals surface area contributed by atoms with Crippen LogP contribution in [0.2, 0.25) is 0 Å². The number of nitrogens with one attached hydrogen (secondary N) is 2. The highest BCUT2D eigenvalue weighted by Gasteiger charge is 2.12. The normalized spacial score (nSPS) is 10.7. The minimum Gasteiger partial charge on any atom is -0.497 e. The number of anilines is 1. The molecular weight excluding hydrogens is 330 g/mol. The first kappa shape index (κ1) is 17.2. The number of benzene rings is 3. The lowest BCUT2D eigenvalue weighted by atomic mass is 10.1. The smallest absolute Gasteiger partial charge is 0.329 e. The van der Waals surface area contributed by atoms with Crippen LogP contribution in [0.4, 0.5) is 5.69 Å². The van der Waals surface area contributed by atoms with E-state index in [4.69, 9.17) is 4.74 Å². The molecule has 2 N–H and O–H groups in total. The summed E-state index contributed by atoms with van der Waals surface area (Å²) in [5.74, 6) is -0.963. The van der Waals surface area contributed by atoms with Gasteiger partial charge in [0.15, 0.2) is 0 Å². The Morgan fingerprint density at radius 2 is 1.73 bits per heavy atom. The van der Waals surface area contributed by atoms with Gasteiger partial charge >= 0.3 is 11.8 Å². The number of methoxy groups -OCH3 is 1. The van der Waals surface area contributed by atoms with Crippen molar-refractivity contribution in [3.05, 3.63) is 72.3 Å². The maximum absolute atomic E-state index is 12.0. The van der Waals surface area contributed by atoms with Gasteiger partial charge in [-0.2, -0.15) is 5.10 Å². The maximum atomic E-state index is 12.0. The zero-order valence-corrected chi connectivity index (χ0v) is 14.1. The summed E-state index contributed by atoms with van der Waals surface area (Å²) >= 11 is 0. The van der Waals surface area contributed by atoms with Crippen LogP contribution in [0, 0.1) is 0 Å². The molecule has 0 unspecified atom stereocenters. The van der Waals surface area contributed by atoms with E-state index in [1.807, 2.05) is 30.3 Å². The van der Waals surface area contributed by atoms with Crippen molar-refractivity contribution in [2.24, 2.45) is 5.10 Å². The molecule has 0 aliphatic carbocycles. The third-order valence-corrected chi connectivity index (χ3v) is 3.69. The van der Waals surface area contributed by atoms with Crippen molar-refractivity contribution in [2.75, 3.05) is 12.4 Å². The summed E-state index contributed by atoms with van der Waals surface area (Å²) in [7, 11) is 1.56. The molecule has 3 rings (SSSR count). The molecule has 0 heterocycles. The van der Waals surface area contributed by atoms with Crippen molar-refractivity contribution in [3.63, 3.8) is 0 Å². The fourth-order valence-electron chi connectivity index (χ4n) is 2.39. The van der Waals surface area contributed by atoms with Crippen LogP contribution in [0.1, 0.15) is 5.56 Å². The van der Waals surface area contributed by atoms with Crippen LogP contribution >= 0.6 is 0 Å². The molecule has 0 aliphatic rings. The second-order valence-corrected chi connectivity index (χ2v) is 5.49. The summed E-state index contributed by atoms with van der Waals surface area (Å²) in [6.45, 7) is 0. The van der Waals surface area contributed by atoms with Gasteiger partial charge in [-0.05, 0) is 40.6 Å². The van der Waals surface area contributed by atoms with Gasteiger partial charge in [0.2, 0.25) is 0 Å². The van der Waals surface area contributed by atoms with Crippen LogP contribution in [0.15, 0.2) is 71.8 Å². The molecule has 0 saturated heterocycles. The highest BCUT2D eigenvalue weighted by Crippen LogP contribution is 2.18. The van der Waals surface area contributed by atoms with Gasteiger partial charge in [0, 0.05) is 5.69 Å². The Labute approximate surface area is 150 Å². The Morgan fingerprint density at radius 3 is 2.54 bits per heavy atom. The second kappa shape index (κ2) is 7.94. The van der Waals surface area contributed by atoms with Gasteiger partial charge < -0.3 is 10.1 Å². The van der Waals surface area contributed by atoms with E-state index in [0.717, 1.165) is 16.3 Å². The number of carbonyl (C=O) groups excluding carboxylic acids is 2. The average molecular weight is 347 g/mol. The Hall–Kier alpha value is -3.67. The van der Waals surface area contributed by atoms with E-state index in [1.165, 1.54) is 6.21 Å². The average Bonchev–Trinajstić information content (AvgIpc) is 2.68. The summed E-state index contributed by atoms with van der Waals surface area (Å²) in [4.78, 5) is 23.8. The number of amides is 2. The maximum Gasteiger partial charge on any atom is 0.329 e. The monoisotopic (exact) mass is 347 g/mol. The summed E-state index contributed by atoms with van der Waals surface area (Å²) in [6, 6.07) is 20.3. The molecule has 130 valence electrons. The fraction of sp³-hybridized carbons (Fsp3) is 0.0500. The number of hydrogen-bond acceptors (Lipinski definition) is 4. The molecule has 6 nitrogen and oxygen atoms in total. The molecule has 3 aromatic carbocycles. The van der Waals surface area contributed by atoms with E-state index < -0.39 is 11.8 Å². The van der Waals surface area contributed by atoms with Crippen LogP contribution in [0.5, 0.6) is 5.75 Å². The van der Waals surface area contributed by atoms with Gasteiger partial charge in [0.25, 0.3) is 0 Å². The van der Waals surface area contributed by atoms with Crippen LogP contribution in [0.3, 0.4) is 0 Å². The van der Waals surface area contributed by atoms with Crippen molar-refractivity contribution < 1.29 is 14.3 Å². The molecule has 3 aromatic rings. The van der Waals surface area contributed by atoms with Gasteiger partial charge in [0.05, 0.1) is 13.3 Å². The minimum atomic E-state index is -0.850. The lowest BCUT2D eigenvalue weighted by Crippen LogP contribution is -2.32. The number of nitrogens with zero attached hydrogens (tertiary/aromatic N) is 1. The Morgan fingerprint density at radius 1 is 0.923 bits per heavy atom. The molecule has 0 aromatic heterocycles. The molecule has 6 heteroatoms. The molecule has 0 bridgehead atoms. The van der Waals surface area contributed by atoms with Gasteiger partial charge in [-0.25, -0.2) is 5.43 Å². The van der Waals surface area contributed by atoms with Gasteiger partial charge in [-0.15, -0.1) is 0 Å². The fourth-order valence-corrected chi connectivity index (χ4v) is 2.39. The van der Waals surface area contributed by atoms with E-state index in [-0.39, 0.29) is 0 Å². The lowest BCUT2D eigenvalue weighted by molar-refractivity contribution is -0.136. The summed E-state index contributed by atoms with van der Waals surface area (Å²) in [5, 5.41) is 8.37. The largest absolute Gasteiger partial charge is 0.497 e. The molecular formula is C20H17N3O3. The molecule has 0 atom stereocenters. The number of hydrogen-bond donors (Lipinski definition) is 2. The Bertz CT molecular complexity index is 983.